The van der Waals surface area contributed by atoms with E-state index >= 15 is 0 Å². The zero-order chi connectivity index (χ0) is 5.98. The summed E-state index contributed by atoms with van der Waals surface area (Å²) in [4.78, 5) is 7.07. The molecule has 0 spiro atoms. The van der Waals surface area contributed by atoms with Gasteiger partial charge in [0.15, 0.2) is 0 Å². The molecule has 1 unspecified atom stereocenters. The van der Waals surface area contributed by atoms with Gasteiger partial charge in [0.1, 0.15) is 10.2 Å². The maximum absolute atomic E-state index is 4.04. The summed E-state index contributed by atoms with van der Waals surface area (Å²) in [7, 11) is 0. The van der Waals surface area contributed by atoms with Gasteiger partial charge in [-0.25, -0.2) is 4.98 Å². The second kappa shape index (κ2) is 3.13. The van der Waals surface area contributed by atoms with Crippen molar-refractivity contribution in [1.82, 2.24) is 9.97 Å². The van der Waals surface area contributed by atoms with Gasteiger partial charge in [-0.3, -0.25) is 0 Å². The molecule has 1 aromatic rings. The van der Waals surface area contributed by atoms with Crippen molar-refractivity contribution in [3.63, 3.8) is 0 Å². The van der Waals surface area contributed by atoms with Crippen molar-refractivity contribution < 1.29 is 0 Å². The highest BCUT2D eigenvalue weighted by atomic mass is 127. The van der Waals surface area contributed by atoms with Crippen LogP contribution in [-0.4, -0.2) is 9.97 Å². The Balaban J connectivity index is 2.84. The number of imidazole rings is 1. The van der Waals surface area contributed by atoms with Gasteiger partial charge in [0.05, 0.1) is 6.20 Å². The fourth-order valence-corrected chi connectivity index (χ4v) is 1.94. The average molecular weight is 305 g/mol. The highest BCUT2D eigenvalue weighted by Crippen LogP contribution is 2.18. The number of halogens is 2. The van der Waals surface area contributed by atoms with Gasteiger partial charge in [-0.05, 0) is 38.0 Å². The Morgan fingerprint density at radius 3 is 2.88 bits per heavy atom. The first-order chi connectivity index (χ1) is 3.83. The third-order valence-corrected chi connectivity index (χ3v) is 3.00. The Labute approximate surface area is 70.2 Å². The SMILES string of the molecule is Brc1cnc(PI)[nH]1. The van der Waals surface area contributed by atoms with Crippen molar-refractivity contribution in [1.29, 1.82) is 0 Å². The van der Waals surface area contributed by atoms with Crippen LogP contribution in [0.5, 0.6) is 0 Å². The number of H-pyrrole nitrogens is 1. The van der Waals surface area contributed by atoms with Crippen LogP contribution in [0.15, 0.2) is 10.8 Å². The lowest BCUT2D eigenvalue weighted by molar-refractivity contribution is 1.39. The monoisotopic (exact) mass is 304 g/mol. The summed E-state index contributed by atoms with van der Waals surface area (Å²) in [6.07, 6.45) is 2.49. The maximum atomic E-state index is 4.04. The van der Waals surface area contributed by atoms with E-state index < -0.39 is 0 Å². The molecule has 0 radical (unpaired) electrons. The van der Waals surface area contributed by atoms with Crippen molar-refractivity contribution >= 4 is 49.8 Å². The van der Waals surface area contributed by atoms with Gasteiger partial charge in [-0.15, -0.1) is 0 Å². The lowest BCUT2D eigenvalue weighted by atomic mass is 11.0. The zero-order valence-electron chi connectivity index (χ0n) is 3.78. The highest BCUT2D eigenvalue weighted by Gasteiger charge is 1.91. The van der Waals surface area contributed by atoms with E-state index in [4.69, 9.17) is 0 Å². The van der Waals surface area contributed by atoms with Gasteiger partial charge in [0, 0.05) is 6.22 Å². The van der Waals surface area contributed by atoms with Gasteiger partial charge in [0.25, 0.3) is 0 Å². The second-order valence-electron chi connectivity index (χ2n) is 1.17. The first kappa shape index (κ1) is 6.96. The van der Waals surface area contributed by atoms with Crippen LogP contribution in [0.25, 0.3) is 0 Å². The van der Waals surface area contributed by atoms with E-state index in [1.165, 1.54) is 0 Å². The molecule has 0 bridgehead atoms. The summed E-state index contributed by atoms with van der Waals surface area (Å²) < 4.78 is 0.955. The topological polar surface area (TPSA) is 28.7 Å². The lowest BCUT2D eigenvalue weighted by Gasteiger charge is -1.79. The number of aromatic amines is 1. The zero-order valence-corrected chi connectivity index (χ0v) is 8.52. The molecule has 1 rings (SSSR count). The molecule has 0 aliphatic rings. The van der Waals surface area contributed by atoms with E-state index in [0.717, 1.165) is 16.4 Å². The number of hydrogen-bond acceptors (Lipinski definition) is 1. The normalized spacial score (nSPS) is 11.2. The minimum atomic E-state index is 0.724. The summed E-state index contributed by atoms with van der Waals surface area (Å²) in [6, 6.07) is 0. The summed E-state index contributed by atoms with van der Waals surface area (Å²) in [6.45, 7) is 0. The molecule has 0 fully saturated rings. The minimum Gasteiger partial charge on any atom is -0.333 e. The fraction of sp³-hybridized carbons (Fsp3) is 0. The molecule has 1 aromatic heterocycles. The molecule has 1 N–H and O–H groups in total. The number of nitrogens with one attached hydrogen (secondary N) is 1. The van der Waals surface area contributed by atoms with Crippen LogP contribution in [0, 0.1) is 0 Å². The van der Waals surface area contributed by atoms with Crippen LogP contribution in [0.4, 0.5) is 0 Å². The van der Waals surface area contributed by atoms with Crippen LogP contribution in [0.2, 0.25) is 0 Å². The number of hydrogen-bond donors (Lipinski definition) is 1. The standard InChI is InChI=1S/C3H3BrIN2P/c4-2-1-6-3(7-2)8-5/h1,8H,(H,6,7). The molecule has 0 aliphatic heterocycles. The Morgan fingerprint density at radius 1 is 1.88 bits per heavy atom. The number of rotatable bonds is 1. The predicted molar refractivity (Wildman–Crippen MR) is 48.3 cm³/mol. The number of aromatic nitrogens is 2. The predicted octanol–water partition coefficient (Wildman–Crippen LogP) is 1.83. The summed E-state index contributed by atoms with van der Waals surface area (Å²) >= 11 is 5.54. The Bertz CT molecular complexity index is 178. The molecular formula is C3H3BrIN2P. The molecule has 2 nitrogen and oxygen atoms in total. The van der Waals surface area contributed by atoms with E-state index in [0.29, 0.717) is 0 Å². The second-order valence-corrected chi connectivity index (χ2v) is 4.31. The fourth-order valence-electron chi connectivity index (χ4n) is 0.347. The van der Waals surface area contributed by atoms with E-state index in [1.54, 1.807) is 6.20 Å². The summed E-state index contributed by atoms with van der Waals surface area (Å²) in [5.41, 5.74) is 1.04. The van der Waals surface area contributed by atoms with Crippen LogP contribution in [0.1, 0.15) is 0 Å². The van der Waals surface area contributed by atoms with Crippen molar-refractivity contribution in [2.75, 3.05) is 0 Å². The summed E-state index contributed by atoms with van der Waals surface area (Å²) in [5, 5.41) is 0. The largest absolute Gasteiger partial charge is 0.333 e. The third kappa shape index (κ3) is 1.67. The van der Waals surface area contributed by atoms with Crippen LogP contribution < -0.4 is 5.57 Å². The molecule has 1 heterocycles. The maximum Gasteiger partial charge on any atom is 0.136 e. The van der Waals surface area contributed by atoms with E-state index in [2.05, 4.69) is 47.9 Å². The Kier molecular flexibility index (Phi) is 2.72. The smallest absolute Gasteiger partial charge is 0.136 e. The molecule has 1 atom stereocenters. The Morgan fingerprint density at radius 2 is 2.62 bits per heavy atom. The van der Waals surface area contributed by atoms with Gasteiger partial charge in [0.2, 0.25) is 0 Å². The van der Waals surface area contributed by atoms with Crippen molar-refractivity contribution in [2.45, 2.75) is 0 Å². The molecular weight excluding hydrogens is 302 g/mol. The van der Waals surface area contributed by atoms with Gasteiger partial charge in [-0.2, -0.15) is 0 Å². The first-order valence-corrected chi connectivity index (χ1v) is 6.81. The van der Waals surface area contributed by atoms with Gasteiger partial charge >= 0.3 is 0 Å². The van der Waals surface area contributed by atoms with E-state index in [-0.39, 0.29) is 0 Å². The minimum absolute atomic E-state index is 0.724. The molecule has 0 aromatic carbocycles. The van der Waals surface area contributed by atoms with Crippen LogP contribution in [-0.2, 0) is 0 Å². The third-order valence-electron chi connectivity index (χ3n) is 0.634. The van der Waals surface area contributed by atoms with Crippen LogP contribution in [0.3, 0.4) is 0 Å². The molecule has 0 aliphatic carbocycles. The van der Waals surface area contributed by atoms with Crippen LogP contribution >= 0.6 is 44.2 Å². The van der Waals surface area contributed by atoms with Crippen molar-refractivity contribution in [2.24, 2.45) is 0 Å². The number of nitrogens with zero attached hydrogens (tertiary/aromatic N) is 1. The molecule has 0 saturated heterocycles. The highest BCUT2D eigenvalue weighted by molar-refractivity contribution is 14.2. The Hall–Kier alpha value is 0.850. The molecule has 5 heteroatoms. The van der Waals surface area contributed by atoms with Crippen molar-refractivity contribution in [3.05, 3.63) is 10.8 Å². The van der Waals surface area contributed by atoms with E-state index in [9.17, 15) is 0 Å². The average Bonchev–Trinajstić information content (AvgIpc) is 2.14. The molecule has 44 valence electrons. The van der Waals surface area contributed by atoms with Crippen molar-refractivity contribution in [3.8, 4) is 0 Å². The molecule has 0 saturated carbocycles. The summed E-state index contributed by atoms with van der Waals surface area (Å²) in [5.74, 6) is 0. The lowest BCUT2D eigenvalue weighted by Crippen LogP contribution is -1.93. The quantitative estimate of drug-likeness (QED) is 0.622. The van der Waals surface area contributed by atoms with E-state index in [1.807, 2.05) is 0 Å². The molecule has 0 amide bonds. The molecule has 8 heavy (non-hydrogen) atoms. The van der Waals surface area contributed by atoms with Gasteiger partial charge < -0.3 is 4.98 Å². The van der Waals surface area contributed by atoms with Gasteiger partial charge in [-0.1, -0.05) is 0 Å². The first-order valence-electron chi connectivity index (χ1n) is 1.90.